The van der Waals surface area contributed by atoms with Crippen LogP contribution in [0.1, 0.15) is 25.8 Å². The molecular weight excluding hydrogens is 302 g/mol. The number of carbonyl (C=O) groups excluding carboxylic acids is 2. The molecule has 0 bridgehead atoms. The highest BCUT2D eigenvalue weighted by molar-refractivity contribution is 5.96. The van der Waals surface area contributed by atoms with Gasteiger partial charge in [0.15, 0.2) is 5.92 Å². The first kappa shape index (κ1) is 16.8. The van der Waals surface area contributed by atoms with Crippen molar-refractivity contribution in [1.82, 2.24) is 5.32 Å². The average Bonchev–Trinajstić information content (AvgIpc) is 2.42. The molecular formula is C16H19NO6. The lowest BCUT2D eigenvalue weighted by Gasteiger charge is -2.34. The Morgan fingerprint density at radius 2 is 1.78 bits per heavy atom. The summed E-state index contributed by atoms with van der Waals surface area (Å²) in [5, 5.41) is 11.3. The van der Waals surface area contributed by atoms with E-state index in [1.165, 1.54) is 13.8 Å². The van der Waals surface area contributed by atoms with Crippen LogP contribution in [0.5, 0.6) is 0 Å². The molecule has 0 aliphatic carbocycles. The van der Waals surface area contributed by atoms with Crippen molar-refractivity contribution in [3.05, 3.63) is 35.9 Å². The number of hydrogen-bond acceptors (Lipinski definition) is 5. The number of hydrogen-bond donors (Lipinski definition) is 2. The number of rotatable bonds is 5. The van der Waals surface area contributed by atoms with Crippen LogP contribution in [-0.2, 0) is 25.5 Å². The lowest BCUT2D eigenvalue weighted by molar-refractivity contribution is -0.240. The fourth-order valence-electron chi connectivity index (χ4n) is 2.49. The zero-order valence-corrected chi connectivity index (χ0v) is 12.9. The number of benzene rings is 1. The zero-order chi connectivity index (χ0) is 17.0. The first-order valence-electron chi connectivity index (χ1n) is 7.26. The number of ether oxygens (including phenoxy) is 2. The maximum atomic E-state index is 12.0. The first-order chi connectivity index (χ1) is 10.8. The predicted octanol–water partition coefficient (Wildman–Crippen LogP) is 1.71. The summed E-state index contributed by atoms with van der Waals surface area (Å²) in [7, 11) is 0. The van der Waals surface area contributed by atoms with Gasteiger partial charge in [-0.3, -0.25) is 9.59 Å². The van der Waals surface area contributed by atoms with Crippen LogP contribution in [-0.4, -0.2) is 35.0 Å². The van der Waals surface area contributed by atoms with Gasteiger partial charge in [-0.25, -0.2) is 4.79 Å². The van der Waals surface area contributed by atoms with Crippen LogP contribution >= 0.6 is 0 Å². The largest absolute Gasteiger partial charge is 0.465 e. The van der Waals surface area contributed by atoms with E-state index in [1.807, 2.05) is 30.3 Å². The quantitative estimate of drug-likeness (QED) is 0.632. The summed E-state index contributed by atoms with van der Waals surface area (Å²) in [5.74, 6) is -3.82. The lowest BCUT2D eigenvalue weighted by atomic mass is 9.94. The SMILES string of the molecule is CC1(C)OC(=O)C(C[C@@H](Cc2ccccc2)NC(=O)O)C(=O)O1. The van der Waals surface area contributed by atoms with E-state index in [-0.39, 0.29) is 6.42 Å². The van der Waals surface area contributed by atoms with Crippen LogP contribution in [0.15, 0.2) is 30.3 Å². The van der Waals surface area contributed by atoms with E-state index in [1.54, 1.807) is 0 Å². The second-order valence-corrected chi connectivity index (χ2v) is 5.87. The minimum atomic E-state index is -1.29. The van der Waals surface area contributed by atoms with Gasteiger partial charge in [0.25, 0.3) is 5.79 Å². The standard InChI is InChI=1S/C16H19NO6/c1-16(2)22-13(18)12(14(19)23-16)9-11(17-15(20)21)8-10-6-4-3-5-7-10/h3-7,11-12,17H,8-9H2,1-2H3,(H,20,21)/t11-/m1/s1. The third-order valence-electron chi connectivity index (χ3n) is 3.43. The van der Waals surface area contributed by atoms with E-state index in [0.29, 0.717) is 6.42 Å². The van der Waals surface area contributed by atoms with Gasteiger partial charge >= 0.3 is 18.0 Å². The van der Waals surface area contributed by atoms with Crippen molar-refractivity contribution >= 4 is 18.0 Å². The zero-order valence-electron chi connectivity index (χ0n) is 12.9. The normalized spacial score (nSPS) is 18.7. The van der Waals surface area contributed by atoms with Gasteiger partial charge in [-0.05, 0) is 18.4 Å². The van der Waals surface area contributed by atoms with Crippen molar-refractivity contribution in [3.63, 3.8) is 0 Å². The van der Waals surface area contributed by atoms with Gasteiger partial charge in [0.2, 0.25) is 0 Å². The highest BCUT2D eigenvalue weighted by atomic mass is 16.7. The van der Waals surface area contributed by atoms with Gasteiger partial charge in [-0.15, -0.1) is 0 Å². The summed E-state index contributed by atoms with van der Waals surface area (Å²) in [6.45, 7) is 2.94. The molecule has 2 N–H and O–H groups in total. The number of carboxylic acid groups (broad SMARTS) is 1. The highest BCUT2D eigenvalue weighted by Crippen LogP contribution is 2.26. The molecule has 1 aromatic rings. The maximum absolute atomic E-state index is 12.0. The van der Waals surface area contributed by atoms with Crippen molar-refractivity contribution < 1.29 is 29.0 Å². The minimum absolute atomic E-state index is 0.0189. The molecule has 1 heterocycles. The Balaban J connectivity index is 2.09. The second-order valence-electron chi connectivity index (χ2n) is 5.87. The van der Waals surface area contributed by atoms with Gasteiger partial charge in [0.1, 0.15) is 0 Å². The van der Waals surface area contributed by atoms with Crippen molar-refractivity contribution in [2.75, 3.05) is 0 Å². The molecule has 7 heteroatoms. The Morgan fingerprint density at radius 3 is 2.30 bits per heavy atom. The monoisotopic (exact) mass is 321 g/mol. The second kappa shape index (κ2) is 6.68. The third kappa shape index (κ3) is 4.70. The first-order valence-corrected chi connectivity index (χ1v) is 7.26. The van der Waals surface area contributed by atoms with Gasteiger partial charge in [-0.2, -0.15) is 0 Å². The fourth-order valence-corrected chi connectivity index (χ4v) is 2.49. The van der Waals surface area contributed by atoms with E-state index in [2.05, 4.69) is 5.32 Å². The molecule has 1 atom stereocenters. The molecule has 0 spiro atoms. The molecule has 124 valence electrons. The third-order valence-corrected chi connectivity index (χ3v) is 3.43. The Labute approximate surface area is 133 Å². The number of esters is 2. The van der Waals surface area contributed by atoms with E-state index in [9.17, 15) is 14.4 Å². The van der Waals surface area contributed by atoms with Crippen LogP contribution in [0, 0.1) is 5.92 Å². The van der Waals surface area contributed by atoms with Crippen molar-refractivity contribution in [2.45, 2.75) is 38.5 Å². The molecule has 1 amide bonds. The Hall–Kier alpha value is -2.57. The Kier molecular flexibility index (Phi) is 4.88. The van der Waals surface area contributed by atoms with Gasteiger partial charge < -0.3 is 19.9 Å². The molecule has 0 unspecified atom stereocenters. The maximum Gasteiger partial charge on any atom is 0.404 e. The van der Waals surface area contributed by atoms with Crippen LogP contribution in [0.3, 0.4) is 0 Å². The lowest BCUT2D eigenvalue weighted by Crippen LogP contribution is -2.49. The Bertz CT molecular complexity index is 578. The van der Waals surface area contributed by atoms with Crippen LogP contribution < -0.4 is 5.32 Å². The number of cyclic esters (lactones) is 2. The molecule has 1 aromatic carbocycles. The molecule has 0 saturated carbocycles. The molecule has 2 rings (SSSR count). The van der Waals surface area contributed by atoms with E-state index in [0.717, 1.165) is 5.56 Å². The summed E-state index contributed by atoms with van der Waals surface area (Å²) in [4.78, 5) is 35.0. The van der Waals surface area contributed by atoms with Crippen LogP contribution in [0.25, 0.3) is 0 Å². The van der Waals surface area contributed by atoms with Gasteiger partial charge in [-0.1, -0.05) is 30.3 Å². The van der Waals surface area contributed by atoms with Crippen LogP contribution in [0.2, 0.25) is 0 Å². The smallest absolute Gasteiger partial charge is 0.404 e. The molecule has 0 radical (unpaired) electrons. The minimum Gasteiger partial charge on any atom is -0.465 e. The van der Waals surface area contributed by atoms with Gasteiger partial charge in [0.05, 0.1) is 0 Å². The molecule has 23 heavy (non-hydrogen) atoms. The van der Waals surface area contributed by atoms with Crippen molar-refractivity contribution in [2.24, 2.45) is 5.92 Å². The fraction of sp³-hybridized carbons (Fsp3) is 0.438. The van der Waals surface area contributed by atoms with Crippen LogP contribution in [0.4, 0.5) is 4.79 Å². The number of carbonyl (C=O) groups is 3. The number of nitrogens with one attached hydrogen (secondary N) is 1. The molecule has 1 aliphatic heterocycles. The average molecular weight is 321 g/mol. The summed E-state index contributed by atoms with van der Waals surface area (Å²) in [6.07, 6.45) is -0.883. The highest BCUT2D eigenvalue weighted by Gasteiger charge is 2.44. The molecule has 1 aliphatic rings. The Morgan fingerprint density at radius 1 is 1.22 bits per heavy atom. The van der Waals surface area contributed by atoms with Gasteiger partial charge in [0, 0.05) is 19.9 Å². The summed E-state index contributed by atoms with van der Waals surface area (Å²) in [6, 6.07) is 8.59. The van der Waals surface area contributed by atoms with E-state index in [4.69, 9.17) is 14.6 Å². The predicted molar refractivity (Wildman–Crippen MR) is 79.5 cm³/mol. The molecule has 0 aromatic heterocycles. The molecule has 1 saturated heterocycles. The van der Waals surface area contributed by atoms with E-state index >= 15 is 0 Å². The topological polar surface area (TPSA) is 102 Å². The van der Waals surface area contributed by atoms with Crippen molar-refractivity contribution in [3.8, 4) is 0 Å². The summed E-state index contributed by atoms with van der Waals surface area (Å²) >= 11 is 0. The van der Waals surface area contributed by atoms with E-state index < -0.39 is 35.8 Å². The molecule has 1 fully saturated rings. The summed E-state index contributed by atoms with van der Waals surface area (Å²) in [5.41, 5.74) is 0.893. The van der Waals surface area contributed by atoms with Crippen molar-refractivity contribution in [1.29, 1.82) is 0 Å². The summed E-state index contributed by atoms with van der Waals surface area (Å²) < 4.78 is 10.1. The number of amides is 1. The molecule has 7 nitrogen and oxygen atoms in total.